The fourth-order valence-electron chi connectivity index (χ4n) is 2.16. The van der Waals surface area contributed by atoms with Crippen LogP contribution < -0.4 is 9.47 Å². The highest BCUT2D eigenvalue weighted by molar-refractivity contribution is 5.92. The van der Waals surface area contributed by atoms with Crippen molar-refractivity contribution in [1.82, 2.24) is 0 Å². The summed E-state index contributed by atoms with van der Waals surface area (Å²) in [7, 11) is 1.47. The van der Waals surface area contributed by atoms with E-state index in [0.717, 1.165) is 6.42 Å². The number of para-hydroxylation sites is 1. The van der Waals surface area contributed by atoms with Gasteiger partial charge in [0.2, 0.25) is 0 Å². The lowest BCUT2D eigenvalue weighted by atomic mass is 10.2. The fourth-order valence-corrected chi connectivity index (χ4v) is 2.16. The number of carbonyl (C=O) groups is 1. The van der Waals surface area contributed by atoms with Crippen LogP contribution in [0.25, 0.3) is 0 Å². The standard InChI is InChI=1S/C13H16O5/c1-17-11-4-2-3-10(13(15)16)12(11)18-9-6-5-8(14)7-9/h2-4,8-9,14H,5-7H2,1H3,(H,15,16). The zero-order valence-corrected chi connectivity index (χ0v) is 10.1. The molecule has 0 aliphatic heterocycles. The van der Waals surface area contributed by atoms with Crippen LogP contribution >= 0.6 is 0 Å². The van der Waals surface area contributed by atoms with E-state index < -0.39 is 5.97 Å². The smallest absolute Gasteiger partial charge is 0.339 e. The molecule has 2 N–H and O–H groups in total. The summed E-state index contributed by atoms with van der Waals surface area (Å²) in [6.45, 7) is 0. The lowest BCUT2D eigenvalue weighted by Crippen LogP contribution is -2.16. The largest absolute Gasteiger partial charge is 0.493 e. The Kier molecular flexibility index (Phi) is 3.72. The molecule has 0 amide bonds. The van der Waals surface area contributed by atoms with Crippen molar-refractivity contribution >= 4 is 5.97 Å². The number of ether oxygens (including phenoxy) is 2. The number of rotatable bonds is 4. The zero-order chi connectivity index (χ0) is 13.1. The van der Waals surface area contributed by atoms with Crippen LogP contribution in [0.15, 0.2) is 18.2 Å². The molecule has 1 aliphatic rings. The zero-order valence-electron chi connectivity index (χ0n) is 10.1. The molecule has 5 heteroatoms. The maximum atomic E-state index is 11.1. The molecule has 98 valence electrons. The number of methoxy groups -OCH3 is 1. The molecule has 1 fully saturated rings. The van der Waals surface area contributed by atoms with E-state index in [1.165, 1.54) is 13.2 Å². The first-order valence-electron chi connectivity index (χ1n) is 5.87. The number of hydrogen-bond donors (Lipinski definition) is 2. The number of carboxylic acid groups (broad SMARTS) is 1. The van der Waals surface area contributed by atoms with Gasteiger partial charge in [0.25, 0.3) is 0 Å². The van der Waals surface area contributed by atoms with Gasteiger partial charge in [-0.2, -0.15) is 0 Å². The number of aromatic carboxylic acids is 1. The van der Waals surface area contributed by atoms with E-state index in [4.69, 9.17) is 14.6 Å². The first kappa shape index (κ1) is 12.7. The van der Waals surface area contributed by atoms with Crippen LogP contribution in [-0.4, -0.2) is 35.5 Å². The number of benzene rings is 1. The molecule has 1 aromatic rings. The molecule has 5 nitrogen and oxygen atoms in total. The molecule has 2 unspecified atom stereocenters. The van der Waals surface area contributed by atoms with E-state index in [-0.39, 0.29) is 23.5 Å². The molecule has 2 rings (SSSR count). The molecule has 1 aromatic carbocycles. The molecular weight excluding hydrogens is 236 g/mol. The van der Waals surface area contributed by atoms with Crippen LogP contribution in [0.2, 0.25) is 0 Å². The van der Waals surface area contributed by atoms with Crippen molar-refractivity contribution in [1.29, 1.82) is 0 Å². The molecule has 2 atom stereocenters. The van der Waals surface area contributed by atoms with Crippen LogP contribution in [0, 0.1) is 0 Å². The highest BCUT2D eigenvalue weighted by atomic mass is 16.5. The molecular formula is C13H16O5. The van der Waals surface area contributed by atoms with Crippen molar-refractivity contribution in [2.75, 3.05) is 7.11 Å². The third kappa shape index (κ3) is 2.56. The lowest BCUT2D eigenvalue weighted by Gasteiger charge is -2.17. The second-order valence-electron chi connectivity index (χ2n) is 4.35. The first-order chi connectivity index (χ1) is 8.61. The van der Waals surface area contributed by atoms with Gasteiger partial charge in [-0.15, -0.1) is 0 Å². The maximum Gasteiger partial charge on any atom is 0.339 e. The van der Waals surface area contributed by atoms with Gasteiger partial charge in [-0.3, -0.25) is 0 Å². The average molecular weight is 252 g/mol. The molecule has 18 heavy (non-hydrogen) atoms. The van der Waals surface area contributed by atoms with Crippen molar-refractivity contribution in [3.8, 4) is 11.5 Å². The Morgan fingerprint density at radius 2 is 2.17 bits per heavy atom. The van der Waals surface area contributed by atoms with Crippen molar-refractivity contribution in [3.05, 3.63) is 23.8 Å². The van der Waals surface area contributed by atoms with Gasteiger partial charge in [0.15, 0.2) is 11.5 Å². The van der Waals surface area contributed by atoms with Gasteiger partial charge in [-0.05, 0) is 25.0 Å². The van der Waals surface area contributed by atoms with Crippen LogP contribution in [-0.2, 0) is 0 Å². The van der Waals surface area contributed by atoms with Gasteiger partial charge in [-0.25, -0.2) is 4.79 Å². The Labute approximate surface area is 105 Å². The highest BCUT2D eigenvalue weighted by Gasteiger charge is 2.27. The minimum Gasteiger partial charge on any atom is -0.493 e. The Bertz CT molecular complexity index is 443. The fraction of sp³-hybridized carbons (Fsp3) is 0.462. The number of carboxylic acids is 1. The first-order valence-corrected chi connectivity index (χ1v) is 5.87. The Hall–Kier alpha value is -1.75. The molecule has 0 spiro atoms. The Balaban J connectivity index is 2.26. The average Bonchev–Trinajstić information content (AvgIpc) is 2.75. The second kappa shape index (κ2) is 5.27. The van der Waals surface area contributed by atoms with E-state index in [1.807, 2.05) is 0 Å². The summed E-state index contributed by atoms with van der Waals surface area (Å²) < 4.78 is 10.8. The summed E-state index contributed by atoms with van der Waals surface area (Å²) in [6, 6.07) is 4.75. The van der Waals surface area contributed by atoms with Crippen LogP contribution in [0.4, 0.5) is 0 Å². The number of hydrogen-bond acceptors (Lipinski definition) is 4. The van der Waals surface area contributed by atoms with Crippen LogP contribution in [0.1, 0.15) is 29.6 Å². The summed E-state index contributed by atoms with van der Waals surface area (Å²) in [5.41, 5.74) is 0.0794. The van der Waals surface area contributed by atoms with Crippen molar-refractivity contribution in [2.45, 2.75) is 31.5 Å². The Morgan fingerprint density at radius 1 is 1.39 bits per heavy atom. The minimum absolute atomic E-state index is 0.0794. The molecule has 0 heterocycles. The van der Waals surface area contributed by atoms with Crippen molar-refractivity contribution < 1.29 is 24.5 Å². The van der Waals surface area contributed by atoms with Crippen molar-refractivity contribution in [3.63, 3.8) is 0 Å². The highest BCUT2D eigenvalue weighted by Crippen LogP contribution is 2.34. The summed E-state index contributed by atoms with van der Waals surface area (Å²) >= 11 is 0. The van der Waals surface area contributed by atoms with Gasteiger partial charge in [0, 0.05) is 6.42 Å². The van der Waals surface area contributed by atoms with Crippen molar-refractivity contribution in [2.24, 2.45) is 0 Å². The number of aliphatic hydroxyl groups excluding tert-OH is 1. The summed E-state index contributed by atoms with van der Waals surface area (Å²) in [5.74, 6) is -0.412. The van der Waals surface area contributed by atoms with Gasteiger partial charge < -0.3 is 19.7 Å². The van der Waals surface area contributed by atoms with Gasteiger partial charge in [0.1, 0.15) is 11.7 Å². The Morgan fingerprint density at radius 3 is 2.72 bits per heavy atom. The SMILES string of the molecule is COc1cccc(C(=O)O)c1OC1CCC(O)C1. The third-order valence-corrected chi connectivity index (χ3v) is 3.07. The predicted molar refractivity (Wildman–Crippen MR) is 64.2 cm³/mol. The molecule has 1 aliphatic carbocycles. The third-order valence-electron chi connectivity index (χ3n) is 3.07. The summed E-state index contributed by atoms with van der Waals surface area (Å²) in [5, 5.41) is 18.6. The molecule has 0 aromatic heterocycles. The minimum atomic E-state index is -1.05. The van der Waals surface area contributed by atoms with Gasteiger partial charge in [-0.1, -0.05) is 6.07 Å². The lowest BCUT2D eigenvalue weighted by molar-refractivity contribution is 0.0687. The molecule has 1 saturated carbocycles. The monoisotopic (exact) mass is 252 g/mol. The predicted octanol–water partition coefficient (Wildman–Crippen LogP) is 1.69. The van der Waals surface area contributed by atoms with Crippen LogP contribution in [0.3, 0.4) is 0 Å². The second-order valence-corrected chi connectivity index (χ2v) is 4.35. The summed E-state index contributed by atoms with van der Waals surface area (Å²) in [6.07, 6.45) is 1.41. The maximum absolute atomic E-state index is 11.1. The molecule has 0 bridgehead atoms. The van der Waals surface area contributed by atoms with Gasteiger partial charge >= 0.3 is 5.97 Å². The summed E-state index contributed by atoms with van der Waals surface area (Å²) in [4.78, 5) is 11.1. The van der Waals surface area contributed by atoms with E-state index in [0.29, 0.717) is 18.6 Å². The van der Waals surface area contributed by atoms with Crippen LogP contribution in [0.5, 0.6) is 11.5 Å². The van der Waals surface area contributed by atoms with E-state index in [2.05, 4.69) is 0 Å². The van der Waals surface area contributed by atoms with E-state index >= 15 is 0 Å². The van der Waals surface area contributed by atoms with E-state index in [1.54, 1.807) is 12.1 Å². The normalized spacial score (nSPS) is 22.8. The molecule has 0 radical (unpaired) electrons. The topological polar surface area (TPSA) is 76.0 Å². The molecule has 0 saturated heterocycles. The van der Waals surface area contributed by atoms with E-state index in [9.17, 15) is 9.90 Å². The quantitative estimate of drug-likeness (QED) is 0.852. The van der Waals surface area contributed by atoms with Gasteiger partial charge in [0.05, 0.1) is 13.2 Å². The number of aliphatic hydroxyl groups is 1.